The predicted octanol–water partition coefficient (Wildman–Crippen LogP) is 5.03. The van der Waals surface area contributed by atoms with E-state index in [0.717, 1.165) is 22.3 Å². The van der Waals surface area contributed by atoms with Crippen LogP contribution in [0.15, 0.2) is 121 Å². The van der Waals surface area contributed by atoms with Crippen molar-refractivity contribution in [3.05, 3.63) is 144 Å². The molecule has 0 heterocycles. The Balaban J connectivity index is 1.58. The van der Waals surface area contributed by atoms with Crippen LogP contribution in [0.1, 0.15) is 56.4 Å². The van der Waals surface area contributed by atoms with Gasteiger partial charge >= 0.3 is 6.09 Å². The number of hydrogen-bond acceptors (Lipinski definition) is 7. The van der Waals surface area contributed by atoms with Crippen LogP contribution in [0, 0.1) is 11.8 Å². The van der Waals surface area contributed by atoms with Crippen molar-refractivity contribution in [3.63, 3.8) is 0 Å². The van der Waals surface area contributed by atoms with Crippen molar-refractivity contribution in [2.45, 2.75) is 90.5 Å². The molecule has 0 aromatic heterocycles. The van der Waals surface area contributed by atoms with Gasteiger partial charge in [0.05, 0.1) is 12.1 Å². The van der Waals surface area contributed by atoms with E-state index in [1.807, 2.05) is 135 Å². The third-order valence-electron chi connectivity index (χ3n) is 9.57. The lowest BCUT2D eigenvalue weighted by molar-refractivity contribution is -0.134. The van der Waals surface area contributed by atoms with Crippen LogP contribution >= 0.6 is 0 Å². The maximum atomic E-state index is 14.3. The van der Waals surface area contributed by atoms with Crippen LogP contribution in [-0.4, -0.2) is 59.2 Å². The normalized spacial score (nSPS) is 14.4. The van der Waals surface area contributed by atoms with Gasteiger partial charge < -0.3 is 31.1 Å². The standard InChI is InChI=1S/C44H55N5O6/c1-5-31(4)38(41(51)46-28-34-22-14-8-15-23-34)48-43(53)39(45-27-33-20-12-7-13-21-33)40(50)36(26-32-18-10-6-11-19-32)47-42(52)37(30(2)3)49-44(54)55-29-35-24-16-9-17-25-35/h6-25,30-31,36-40,45,50H,5,26-29H2,1-4H3,(H,46,51)(H,47,52)(H,48,53)(H,49,54)/t31-,36-,37-,38-,39+,40-/m0/s1. The number of ether oxygens (including phenoxy) is 1. The average molecular weight is 750 g/mol. The second-order valence-corrected chi connectivity index (χ2v) is 14.1. The molecule has 0 unspecified atom stereocenters. The highest BCUT2D eigenvalue weighted by molar-refractivity contribution is 5.90. The highest BCUT2D eigenvalue weighted by Crippen LogP contribution is 2.15. The summed E-state index contributed by atoms with van der Waals surface area (Å²) < 4.78 is 5.40. The zero-order chi connectivity index (χ0) is 39.6. The molecular weight excluding hydrogens is 695 g/mol. The summed E-state index contributed by atoms with van der Waals surface area (Å²) in [7, 11) is 0. The average Bonchev–Trinajstić information content (AvgIpc) is 3.21. The number of benzene rings is 4. The van der Waals surface area contributed by atoms with E-state index in [4.69, 9.17) is 4.74 Å². The van der Waals surface area contributed by atoms with Crippen molar-refractivity contribution in [2.24, 2.45) is 11.8 Å². The lowest BCUT2D eigenvalue weighted by Gasteiger charge is -2.34. The first-order valence-corrected chi connectivity index (χ1v) is 18.9. The van der Waals surface area contributed by atoms with Crippen LogP contribution in [0.25, 0.3) is 0 Å². The van der Waals surface area contributed by atoms with Gasteiger partial charge in [0.15, 0.2) is 0 Å². The van der Waals surface area contributed by atoms with Crippen LogP contribution < -0.4 is 26.6 Å². The Kier molecular flexibility index (Phi) is 16.9. The number of carbonyl (C=O) groups is 4. The molecule has 4 rings (SSSR count). The molecule has 0 bridgehead atoms. The van der Waals surface area contributed by atoms with Crippen molar-refractivity contribution < 1.29 is 29.0 Å². The van der Waals surface area contributed by atoms with Gasteiger partial charge in [-0.05, 0) is 40.5 Å². The molecule has 0 aliphatic heterocycles. The second-order valence-electron chi connectivity index (χ2n) is 14.1. The molecule has 0 radical (unpaired) electrons. The fraction of sp³-hybridized carbons (Fsp3) is 0.364. The fourth-order valence-corrected chi connectivity index (χ4v) is 6.09. The molecule has 0 fully saturated rings. The number of nitrogens with one attached hydrogen (secondary N) is 5. The topological polar surface area (TPSA) is 158 Å². The van der Waals surface area contributed by atoms with Gasteiger partial charge in [-0.3, -0.25) is 19.7 Å². The summed E-state index contributed by atoms with van der Waals surface area (Å²) in [5, 5.41) is 26.9. The van der Waals surface area contributed by atoms with Crippen LogP contribution in [-0.2, 0) is 45.2 Å². The molecule has 11 nitrogen and oxygen atoms in total. The van der Waals surface area contributed by atoms with Gasteiger partial charge in [-0.25, -0.2) is 4.79 Å². The summed E-state index contributed by atoms with van der Waals surface area (Å²) in [5.74, 6) is -2.07. The minimum atomic E-state index is -1.48. The van der Waals surface area contributed by atoms with Gasteiger partial charge in [0.1, 0.15) is 24.7 Å². The Hall–Kier alpha value is -5.52. The Morgan fingerprint density at radius 3 is 1.60 bits per heavy atom. The smallest absolute Gasteiger partial charge is 0.408 e. The molecule has 0 saturated heterocycles. The molecule has 4 aromatic carbocycles. The SMILES string of the molecule is CC[C@H](C)[C@H](NC(=O)[C@H](NCc1ccccc1)[C@@H](O)[C@H](Cc1ccccc1)NC(=O)[C@@H](NC(=O)OCc1ccccc1)C(C)C)C(=O)NCc1ccccc1. The van der Waals surface area contributed by atoms with E-state index in [2.05, 4.69) is 26.6 Å². The van der Waals surface area contributed by atoms with Gasteiger partial charge in [-0.15, -0.1) is 0 Å². The lowest BCUT2D eigenvalue weighted by Crippen LogP contribution is -2.63. The van der Waals surface area contributed by atoms with E-state index in [0.29, 0.717) is 6.42 Å². The molecule has 4 amide bonds. The number of aliphatic hydroxyl groups excluding tert-OH is 1. The zero-order valence-electron chi connectivity index (χ0n) is 32.1. The summed E-state index contributed by atoms with van der Waals surface area (Å²) in [5.41, 5.74) is 3.39. The summed E-state index contributed by atoms with van der Waals surface area (Å²) in [6.07, 6.45) is -1.46. The van der Waals surface area contributed by atoms with Gasteiger partial charge in [-0.1, -0.05) is 155 Å². The molecule has 292 valence electrons. The van der Waals surface area contributed by atoms with E-state index in [1.165, 1.54) is 0 Å². The minimum Gasteiger partial charge on any atom is -0.445 e. The predicted molar refractivity (Wildman–Crippen MR) is 213 cm³/mol. The number of hydrogen-bond donors (Lipinski definition) is 6. The molecule has 0 saturated carbocycles. The molecule has 6 N–H and O–H groups in total. The monoisotopic (exact) mass is 749 g/mol. The van der Waals surface area contributed by atoms with E-state index < -0.39 is 48.2 Å². The van der Waals surface area contributed by atoms with Crippen LogP contribution in [0.5, 0.6) is 0 Å². The maximum absolute atomic E-state index is 14.3. The quantitative estimate of drug-likeness (QED) is 0.0740. The second kappa shape index (κ2) is 22.0. The number of alkyl carbamates (subject to hydrolysis) is 1. The van der Waals surface area contributed by atoms with Crippen molar-refractivity contribution in [1.82, 2.24) is 26.6 Å². The molecule has 55 heavy (non-hydrogen) atoms. The van der Waals surface area contributed by atoms with E-state index in [-0.39, 0.29) is 43.9 Å². The zero-order valence-corrected chi connectivity index (χ0v) is 32.1. The molecule has 0 aliphatic carbocycles. The fourth-order valence-electron chi connectivity index (χ4n) is 6.09. The van der Waals surface area contributed by atoms with Crippen molar-refractivity contribution >= 4 is 23.8 Å². The summed E-state index contributed by atoms with van der Waals surface area (Å²) in [6.45, 7) is 7.95. The van der Waals surface area contributed by atoms with Crippen molar-refractivity contribution in [2.75, 3.05) is 0 Å². The lowest BCUT2D eigenvalue weighted by atomic mass is 9.93. The Morgan fingerprint density at radius 1 is 0.582 bits per heavy atom. The van der Waals surface area contributed by atoms with E-state index in [1.54, 1.807) is 13.8 Å². The van der Waals surface area contributed by atoms with Crippen LogP contribution in [0.3, 0.4) is 0 Å². The molecule has 11 heteroatoms. The third kappa shape index (κ3) is 13.7. The van der Waals surface area contributed by atoms with Crippen molar-refractivity contribution in [3.8, 4) is 0 Å². The third-order valence-corrected chi connectivity index (χ3v) is 9.57. The Labute approximate surface area is 324 Å². The first kappa shape index (κ1) is 42.2. The largest absolute Gasteiger partial charge is 0.445 e. The highest BCUT2D eigenvalue weighted by atomic mass is 16.5. The minimum absolute atomic E-state index is 0.0280. The number of amides is 4. The molecule has 6 atom stereocenters. The molecule has 4 aromatic rings. The number of aliphatic hydroxyl groups is 1. The Morgan fingerprint density at radius 2 is 1.07 bits per heavy atom. The molecule has 0 aliphatic rings. The van der Waals surface area contributed by atoms with E-state index >= 15 is 0 Å². The van der Waals surface area contributed by atoms with Gasteiger partial charge in [0.2, 0.25) is 17.7 Å². The molecular formula is C44H55N5O6. The number of carbonyl (C=O) groups excluding carboxylic acids is 4. The van der Waals surface area contributed by atoms with Crippen molar-refractivity contribution in [1.29, 1.82) is 0 Å². The first-order chi connectivity index (χ1) is 26.5. The Bertz CT molecular complexity index is 1760. The first-order valence-electron chi connectivity index (χ1n) is 18.9. The molecule has 0 spiro atoms. The van der Waals surface area contributed by atoms with Gasteiger partial charge in [0.25, 0.3) is 0 Å². The maximum Gasteiger partial charge on any atom is 0.408 e. The number of rotatable bonds is 20. The van der Waals surface area contributed by atoms with Gasteiger partial charge in [-0.2, -0.15) is 0 Å². The highest BCUT2D eigenvalue weighted by Gasteiger charge is 2.38. The van der Waals surface area contributed by atoms with Gasteiger partial charge in [0, 0.05) is 13.1 Å². The summed E-state index contributed by atoms with van der Waals surface area (Å²) >= 11 is 0. The summed E-state index contributed by atoms with van der Waals surface area (Å²) in [4.78, 5) is 54.8. The van der Waals surface area contributed by atoms with E-state index in [9.17, 15) is 24.3 Å². The van der Waals surface area contributed by atoms with Crippen LogP contribution in [0.4, 0.5) is 4.79 Å². The van der Waals surface area contributed by atoms with Crippen LogP contribution in [0.2, 0.25) is 0 Å². The summed E-state index contributed by atoms with van der Waals surface area (Å²) in [6, 6.07) is 33.3.